The maximum Gasteiger partial charge on any atom is 0.242 e. The third-order valence-corrected chi connectivity index (χ3v) is 12.5. The molecule has 1 amide bonds. The molecule has 9 nitrogen and oxygen atoms in total. The number of hydrogen-bond donors (Lipinski definition) is 1. The van der Waals surface area contributed by atoms with Crippen molar-refractivity contribution in [1.29, 1.82) is 0 Å². The summed E-state index contributed by atoms with van der Waals surface area (Å²) in [6.45, 7) is 5.59. The van der Waals surface area contributed by atoms with Gasteiger partial charge in [-0.1, -0.05) is 38.1 Å². The normalized spacial score (nSPS) is 30.5. The zero-order chi connectivity index (χ0) is 25.2. The number of rotatable bonds is 6. The lowest BCUT2D eigenvalue weighted by atomic mass is 9.69. The van der Waals surface area contributed by atoms with E-state index in [0.29, 0.717) is 19.0 Å². The largest absolute Gasteiger partial charge is 0.351 e. The summed E-state index contributed by atoms with van der Waals surface area (Å²) >= 11 is 0. The van der Waals surface area contributed by atoms with Gasteiger partial charge in [0.05, 0.1) is 5.75 Å². The van der Waals surface area contributed by atoms with E-state index in [1.54, 1.807) is 4.31 Å². The molecule has 2 bridgehead atoms. The van der Waals surface area contributed by atoms with Crippen LogP contribution in [0.3, 0.4) is 0 Å². The van der Waals surface area contributed by atoms with Crippen molar-refractivity contribution in [3.05, 3.63) is 41.7 Å². The van der Waals surface area contributed by atoms with Crippen molar-refractivity contribution in [3.63, 3.8) is 0 Å². The number of hydrogen-bond acceptors (Lipinski definition) is 6. The van der Waals surface area contributed by atoms with Gasteiger partial charge in [0.15, 0.2) is 0 Å². The summed E-state index contributed by atoms with van der Waals surface area (Å²) in [6.07, 6.45) is 8.05. The predicted molar refractivity (Wildman–Crippen MR) is 134 cm³/mol. The number of carbonyl (C=O) groups excluding carboxylic acids is 1. The van der Waals surface area contributed by atoms with Crippen LogP contribution in [-0.2, 0) is 33.2 Å². The van der Waals surface area contributed by atoms with Crippen molar-refractivity contribution in [3.8, 4) is 0 Å². The summed E-state index contributed by atoms with van der Waals surface area (Å²) < 4.78 is 31.0. The lowest BCUT2D eigenvalue weighted by Gasteiger charge is -2.45. The Morgan fingerprint density at radius 1 is 1.14 bits per heavy atom. The van der Waals surface area contributed by atoms with Gasteiger partial charge in [0.25, 0.3) is 0 Å². The number of benzene rings is 1. The molecule has 3 atom stereocenters. The van der Waals surface area contributed by atoms with E-state index in [4.69, 9.17) is 0 Å². The molecule has 2 aromatic rings. The van der Waals surface area contributed by atoms with Crippen LogP contribution in [0.15, 0.2) is 30.6 Å². The van der Waals surface area contributed by atoms with E-state index in [9.17, 15) is 13.2 Å². The highest BCUT2D eigenvalue weighted by molar-refractivity contribution is 7.89. The van der Waals surface area contributed by atoms with E-state index < -0.39 is 15.4 Å². The molecule has 1 aliphatic heterocycles. The van der Waals surface area contributed by atoms with Gasteiger partial charge < -0.3 is 5.32 Å². The fraction of sp³-hybridized carbons (Fsp3) is 0.692. The van der Waals surface area contributed by atoms with Crippen molar-refractivity contribution in [2.75, 3.05) is 18.8 Å². The number of aryl methyl sites for hydroxylation is 1. The standard InChI is InChI=1S/C26H36N6O3S/c1-24(2)20-8-10-26(24,22(15-20)28-23(33)16-31-18-27-29-30-31)17-36(34,35)32-13-11-25(12-14-32)9-7-19-5-3-4-6-21(19)25/h3-6,18,20,22H,7-17H2,1-2H3,(H,28,33)/t20-,22+,26-/m1/s1. The van der Waals surface area contributed by atoms with Crippen molar-refractivity contribution in [2.45, 2.75) is 76.8 Å². The predicted octanol–water partition coefficient (Wildman–Crippen LogP) is 2.29. The summed E-state index contributed by atoms with van der Waals surface area (Å²) in [4.78, 5) is 12.8. The van der Waals surface area contributed by atoms with Crippen LogP contribution in [0.2, 0.25) is 0 Å². The quantitative estimate of drug-likeness (QED) is 0.636. The Morgan fingerprint density at radius 2 is 1.92 bits per heavy atom. The highest BCUT2D eigenvalue weighted by atomic mass is 32.2. The number of carbonyl (C=O) groups is 1. The Bertz CT molecular complexity index is 1250. The number of nitrogens with one attached hydrogen (secondary N) is 1. The van der Waals surface area contributed by atoms with Crippen LogP contribution < -0.4 is 5.32 Å². The molecule has 1 saturated heterocycles. The minimum atomic E-state index is -3.48. The summed E-state index contributed by atoms with van der Waals surface area (Å²) in [7, 11) is -3.48. The lowest BCUT2D eigenvalue weighted by Crippen LogP contribution is -2.55. The van der Waals surface area contributed by atoms with Gasteiger partial charge in [-0.3, -0.25) is 4.79 Å². The minimum absolute atomic E-state index is 0.0348. The van der Waals surface area contributed by atoms with E-state index in [0.717, 1.165) is 44.9 Å². The Morgan fingerprint density at radius 3 is 2.64 bits per heavy atom. The Hall–Kier alpha value is -2.33. The Labute approximate surface area is 213 Å². The van der Waals surface area contributed by atoms with Crippen molar-refractivity contribution in [1.82, 2.24) is 29.8 Å². The van der Waals surface area contributed by atoms with E-state index in [1.807, 2.05) is 0 Å². The molecule has 6 rings (SSSR count). The maximum absolute atomic E-state index is 13.9. The second kappa shape index (κ2) is 8.34. The zero-order valence-corrected chi connectivity index (χ0v) is 22.0. The minimum Gasteiger partial charge on any atom is -0.351 e. The second-order valence-electron chi connectivity index (χ2n) is 12.1. The molecule has 2 heterocycles. The van der Waals surface area contributed by atoms with Gasteiger partial charge in [-0.15, -0.1) is 5.10 Å². The molecule has 0 radical (unpaired) electrons. The maximum atomic E-state index is 13.9. The Balaban J connectivity index is 1.19. The highest BCUT2D eigenvalue weighted by Gasteiger charge is 2.66. The van der Waals surface area contributed by atoms with Gasteiger partial charge in [0, 0.05) is 24.5 Å². The molecular formula is C26H36N6O3S. The molecule has 36 heavy (non-hydrogen) atoms. The molecule has 10 heteroatoms. The Kier molecular flexibility index (Phi) is 5.57. The smallest absolute Gasteiger partial charge is 0.242 e. The first-order valence-electron chi connectivity index (χ1n) is 13.2. The molecule has 3 fully saturated rings. The fourth-order valence-corrected chi connectivity index (χ4v) is 10.4. The lowest BCUT2D eigenvalue weighted by molar-refractivity contribution is -0.123. The number of aromatic nitrogens is 4. The van der Waals surface area contributed by atoms with Gasteiger partial charge in [0.2, 0.25) is 15.9 Å². The van der Waals surface area contributed by atoms with Gasteiger partial charge in [-0.25, -0.2) is 17.4 Å². The molecule has 4 aliphatic rings. The number of nitrogens with zero attached hydrogens (tertiary/aromatic N) is 5. The van der Waals surface area contributed by atoms with Crippen molar-refractivity contribution >= 4 is 15.9 Å². The molecule has 1 aromatic carbocycles. The summed E-state index contributed by atoms with van der Waals surface area (Å²) in [5, 5.41) is 14.1. The number of piperidine rings is 1. The van der Waals surface area contributed by atoms with E-state index in [1.165, 1.54) is 22.1 Å². The van der Waals surface area contributed by atoms with E-state index in [2.05, 4.69) is 59.0 Å². The van der Waals surface area contributed by atoms with Crippen molar-refractivity contribution < 1.29 is 13.2 Å². The molecule has 3 aliphatic carbocycles. The average Bonchev–Trinajstić information content (AvgIpc) is 3.57. The summed E-state index contributed by atoms with van der Waals surface area (Å²) in [5.41, 5.74) is 2.36. The number of fused-ring (bicyclic) bond motifs is 4. The summed E-state index contributed by atoms with van der Waals surface area (Å²) in [5.74, 6) is 0.334. The van der Waals surface area contributed by atoms with E-state index in [-0.39, 0.29) is 35.1 Å². The van der Waals surface area contributed by atoms with Crippen LogP contribution in [0.1, 0.15) is 63.5 Å². The molecule has 1 spiro atoms. The van der Waals surface area contributed by atoms with Crippen LogP contribution in [0, 0.1) is 16.7 Å². The third kappa shape index (κ3) is 3.62. The van der Waals surface area contributed by atoms with Crippen LogP contribution in [0.25, 0.3) is 0 Å². The van der Waals surface area contributed by atoms with Gasteiger partial charge >= 0.3 is 0 Å². The first-order valence-corrected chi connectivity index (χ1v) is 14.8. The molecular weight excluding hydrogens is 476 g/mol. The van der Waals surface area contributed by atoms with Crippen LogP contribution in [-0.4, -0.2) is 63.7 Å². The average molecular weight is 513 g/mol. The monoisotopic (exact) mass is 512 g/mol. The SMILES string of the molecule is CC1(C)[C@@H]2CC[C@@]1(CS(=O)(=O)N1CCC3(CCc4ccccc43)CC1)[C@@H](NC(=O)Cn1cnnn1)C2. The molecule has 1 N–H and O–H groups in total. The zero-order valence-electron chi connectivity index (χ0n) is 21.2. The molecule has 194 valence electrons. The fourth-order valence-electron chi connectivity index (χ4n) is 8.16. The first kappa shape index (κ1) is 24.0. The van der Waals surface area contributed by atoms with Crippen LogP contribution in [0.4, 0.5) is 0 Å². The molecule has 2 saturated carbocycles. The van der Waals surface area contributed by atoms with Gasteiger partial charge in [0.1, 0.15) is 12.9 Å². The topological polar surface area (TPSA) is 110 Å². The number of amides is 1. The highest BCUT2D eigenvalue weighted by Crippen LogP contribution is 2.66. The van der Waals surface area contributed by atoms with Gasteiger partial charge in [-0.05, 0) is 83.2 Å². The number of sulfonamides is 1. The van der Waals surface area contributed by atoms with E-state index >= 15 is 0 Å². The van der Waals surface area contributed by atoms with Crippen LogP contribution >= 0.6 is 0 Å². The molecule has 1 aromatic heterocycles. The second-order valence-corrected chi connectivity index (χ2v) is 14.0. The third-order valence-electron chi connectivity index (χ3n) is 10.4. The molecule has 0 unspecified atom stereocenters. The summed E-state index contributed by atoms with van der Waals surface area (Å²) in [6, 6.07) is 8.52. The van der Waals surface area contributed by atoms with Crippen molar-refractivity contribution in [2.24, 2.45) is 16.7 Å². The first-order chi connectivity index (χ1) is 17.2. The van der Waals surface area contributed by atoms with Crippen LogP contribution in [0.5, 0.6) is 0 Å². The van der Waals surface area contributed by atoms with Gasteiger partial charge in [-0.2, -0.15) is 0 Å². The number of tetrazole rings is 1.